The first-order chi connectivity index (χ1) is 7.20. The van der Waals surface area contributed by atoms with Gasteiger partial charge in [-0.15, -0.1) is 0 Å². The quantitative estimate of drug-likeness (QED) is 0.498. The van der Waals surface area contributed by atoms with E-state index in [2.05, 4.69) is 10.6 Å². The Hall–Kier alpha value is -1.44. The van der Waals surface area contributed by atoms with Crippen LogP contribution >= 0.6 is 0 Å². The molecule has 0 amide bonds. The van der Waals surface area contributed by atoms with Crippen LogP contribution in [-0.4, -0.2) is 31.6 Å². The van der Waals surface area contributed by atoms with Gasteiger partial charge in [0.25, 0.3) is 10.9 Å². The van der Waals surface area contributed by atoms with Crippen molar-refractivity contribution in [3.8, 4) is 0 Å². The summed E-state index contributed by atoms with van der Waals surface area (Å²) in [4.78, 5) is 26.9. The second kappa shape index (κ2) is 3.97. The molecule has 2 rings (SSSR count). The SMILES string of the molecule is Nc1c(NCCN2CNCO2)c(=O)c1=O. The van der Waals surface area contributed by atoms with Crippen molar-refractivity contribution >= 4 is 11.4 Å². The molecule has 7 heteroatoms. The first-order valence-corrected chi connectivity index (χ1v) is 4.61. The minimum absolute atomic E-state index is 0.0282. The number of hydrogen-bond acceptors (Lipinski definition) is 7. The fourth-order valence-corrected chi connectivity index (χ4v) is 1.39. The van der Waals surface area contributed by atoms with Crippen LogP contribution in [0, 0.1) is 0 Å². The van der Waals surface area contributed by atoms with Crippen molar-refractivity contribution in [2.75, 3.05) is 37.5 Å². The lowest BCUT2D eigenvalue weighted by molar-refractivity contribution is -0.106. The van der Waals surface area contributed by atoms with E-state index in [9.17, 15) is 9.59 Å². The molecule has 0 unspecified atom stereocenters. The molecule has 0 saturated carbocycles. The van der Waals surface area contributed by atoms with Crippen LogP contribution < -0.4 is 27.2 Å². The summed E-state index contributed by atoms with van der Waals surface area (Å²) in [7, 11) is 0. The van der Waals surface area contributed by atoms with Crippen LogP contribution in [0.4, 0.5) is 11.4 Å². The maximum atomic E-state index is 11.0. The number of nitrogens with two attached hydrogens (primary N) is 1. The molecule has 1 aliphatic heterocycles. The number of nitrogens with zero attached hydrogens (tertiary/aromatic N) is 1. The first-order valence-electron chi connectivity index (χ1n) is 4.61. The summed E-state index contributed by atoms with van der Waals surface area (Å²) < 4.78 is 0. The van der Waals surface area contributed by atoms with Gasteiger partial charge in [-0.25, -0.2) is 0 Å². The van der Waals surface area contributed by atoms with Crippen molar-refractivity contribution in [3.05, 3.63) is 20.4 Å². The van der Waals surface area contributed by atoms with Crippen LogP contribution in [-0.2, 0) is 4.84 Å². The second-order valence-corrected chi connectivity index (χ2v) is 3.26. The van der Waals surface area contributed by atoms with E-state index >= 15 is 0 Å². The molecule has 1 aromatic carbocycles. The number of hydrogen-bond donors (Lipinski definition) is 3. The van der Waals surface area contributed by atoms with Crippen molar-refractivity contribution < 1.29 is 4.84 Å². The summed E-state index contributed by atoms with van der Waals surface area (Å²) >= 11 is 0. The zero-order chi connectivity index (χ0) is 10.8. The van der Waals surface area contributed by atoms with Gasteiger partial charge < -0.3 is 11.1 Å². The minimum atomic E-state index is -0.600. The minimum Gasteiger partial charge on any atom is -0.394 e. The molecule has 0 aromatic heterocycles. The predicted molar refractivity (Wildman–Crippen MR) is 54.9 cm³/mol. The molecule has 1 saturated heterocycles. The molecule has 0 aliphatic carbocycles. The molecule has 1 heterocycles. The molecule has 82 valence electrons. The lowest BCUT2D eigenvalue weighted by atomic mass is 10.2. The Kier molecular flexibility index (Phi) is 2.67. The van der Waals surface area contributed by atoms with Crippen molar-refractivity contribution in [2.24, 2.45) is 0 Å². The highest BCUT2D eigenvalue weighted by Gasteiger charge is 2.17. The van der Waals surface area contributed by atoms with Gasteiger partial charge in [-0.2, -0.15) is 5.06 Å². The van der Waals surface area contributed by atoms with Gasteiger partial charge in [-0.1, -0.05) is 0 Å². The third kappa shape index (κ3) is 1.84. The Bertz CT molecular complexity index is 417. The molecule has 1 aromatic rings. The van der Waals surface area contributed by atoms with Crippen LogP contribution in [0.1, 0.15) is 0 Å². The van der Waals surface area contributed by atoms with Gasteiger partial charge in [0.15, 0.2) is 0 Å². The lowest BCUT2D eigenvalue weighted by Crippen LogP contribution is -2.38. The van der Waals surface area contributed by atoms with E-state index < -0.39 is 10.9 Å². The van der Waals surface area contributed by atoms with E-state index in [0.717, 1.165) is 0 Å². The summed E-state index contributed by atoms with van der Waals surface area (Å²) in [6.45, 7) is 2.29. The molecule has 0 atom stereocenters. The highest BCUT2D eigenvalue weighted by molar-refractivity contribution is 5.71. The standard InChI is InChI=1S/C8H12N4O3/c9-5-6(8(14)7(5)13)11-1-2-12-3-10-4-15-12/h10-11H,1-4,9H2. The average molecular weight is 212 g/mol. The van der Waals surface area contributed by atoms with Crippen molar-refractivity contribution in [1.82, 2.24) is 10.4 Å². The maximum Gasteiger partial charge on any atom is 0.253 e. The molecule has 4 N–H and O–H groups in total. The highest BCUT2D eigenvalue weighted by Crippen LogP contribution is 2.08. The number of hydroxylamine groups is 2. The molecular formula is C8H12N4O3. The zero-order valence-corrected chi connectivity index (χ0v) is 8.08. The van der Waals surface area contributed by atoms with Gasteiger partial charge in [-0.3, -0.25) is 19.7 Å². The molecule has 0 radical (unpaired) electrons. The number of rotatable bonds is 4. The van der Waals surface area contributed by atoms with E-state index in [1.165, 1.54) is 0 Å². The predicted octanol–water partition coefficient (Wildman–Crippen LogP) is -1.97. The Morgan fingerprint density at radius 2 is 2.27 bits per heavy atom. The Morgan fingerprint density at radius 1 is 1.47 bits per heavy atom. The zero-order valence-electron chi connectivity index (χ0n) is 8.08. The van der Waals surface area contributed by atoms with Gasteiger partial charge in [0, 0.05) is 13.1 Å². The van der Waals surface area contributed by atoms with Gasteiger partial charge in [0.1, 0.15) is 18.1 Å². The highest BCUT2D eigenvalue weighted by atomic mass is 16.7. The van der Waals surface area contributed by atoms with Crippen LogP contribution in [0.5, 0.6) is 0 Å². The third-order valence-corrected chi connectivity index (χ3v) is 2.25. The fraction of sp³-hybridized carbons (Fsp3) is 0.500. The van der Waals surface area contributed by atoms with E-state index in [1.807, 2.05) is 0 Å². The van der Waals surface area contributed by atoms with Crippen LogP contribution in [0.15, 0.2) is 9.59 Å². The lowest BCUT2D eigenvalue weighted by Gasteiger charge is -2.14. The van der Waals surface area contributed by atoms with E-state index in [0.29, 0.717) is 26.5 Å². The molecule has 0 spiro atoms. The summed E-state index contributed by atoms with van der Waals surface area (Å²) in [5.41, 5.74) is 4.46. The monoisotopic (exact) mass is 212 g/mol. The largest absolute Gasteiger partial charge is 0.394 e. The van der Waals surface area contributed by atoms with E-state index in [4.69, 9.17) is 10.6 Å². The average Bonchev–Trinajstić information content (AvgIpc) is 2.75. The van der Waals surface area contributed by atoms with Crippen LogP contribution in [0.3, 0.4) is 0 Å². The number of nitrogen functional groups attached to an aromatic ring is 1. The van der Waals surface area contributed by atoms with E-state index in [1.54, 1.807) is 5.06 Å². The van der Waals surface area contributed by atoms with Gasteiger partial charge in [0.2, 0.25) is 0 Å². The molecular weight excluding hydrogens is 200 g/mol. The Balaban J connectivity index is 1.79. The van der Waals surface area contributed by atoms with E-state index in [-0.39, 0.29) is 11.4 Å². The second-order valence-electron chi connectivity index (χ2n) is 3.26. The molecule has 1 aliphatic rings. The van der Waals surface area contributed by atoms with Gasteiger partial charge in [0.05, 0.1) is 6.67 Å². The molecule has 1 fully saturated rings. The summed E-state index contributed by atoms with van der Waals surface area (Å²) in [6, 6.07) is 0. The molecule has 0 bridgehead atoms. The summed E-state index contributed by atoms with van der Waals surface area (Å²) in [6.07, 6.45) is 0. The van der Waals surface area contributed by atoms with Crippen LogP contribution in [0.2, 0.25) is 0 Å². The van der Waals surface area contributed by atoms with Crippen molar-refractivity contribution in [2.45, 2.75) is 0 Å². The third-order valence-electron chi connectivity index (χ3n) is 2.25. The number of anilines is 2. The maximum absolute atomic E-state index is 11.0. The normalized spacial score (nSPS) is 17.3. The topological polar surface area (TPSA) is 96.7 Å². The van der Waals surface area contributed by atoms with Gasteiger partial charge in [-0.05, 0) is 0 Å². The fourth-order valence-electron chi connectivity index (χ4n) is 1.39. The molecule has 15 heavy (non-hydrogen) atoms. The first kappa shape index (κ1) is 10.1. The smallest absolute Gasteiger partial charge is 0.253 e. The van der Waals surface area contributed by atoms with Crippen molar-refractivity contribution in [1.29, 1.82) is 0 Å². The van der Waals surface area contributed by atoms with Crippen molar-refractivity contribution in [3.63, 3.8) is 0 Å². The molecule has 7 nitrogen and oxygen atoms in total. The van der Waals surface area contributed by atoms with Crippen LogP contribution in [0.25, 0.3) is 0 Å². The summed E-state index contributed by atoms with van der Waals surface area (Å²) in [5.74, 6) is 0. The Labute approximate surface area is 85.5 Å². The Morgan fingerprint density at radius 3 is 2.87 bits per heavy atom. The van der Waals surface area contributed by atoms with Gasteiger partial charge >= 0.3 is 0 Å². The number of nitrogens with one attached hydrogen (secondary N) is 2. The summed E-state index contributed by atoms with van der Waals surface area (Å²) in [5, 5.41) is 7.51.